The van der Waals surface area contributed by atoms with Crippen molar-refractivity contribution in [2.75, 3.05) is 13.4 Å². The van der Waals surface area contributed by atoms with E-state index in [0.717, 1.165) is 31.6 Å². The first-order valence-electron chi connectivity index (χ1n) is 6.64. The van der Waals surface area contributed by atoms with Gasteiger partial charge in [-0.15, -0.1) is 0 Å². The summed E-state index contributed by atoms with van der Waals surface area (Å²) in [7, 11) is -2.74. The lowest BCUT2D eigenvalue weighted by Crippen LogP contribution is -2.29. The molecule has 0 spiro atoms. The predicted molar refractivity (Wildman–Crippen MR) is 86.7 cm³/mol. The molecule has 0 aliphatic rings. The summed E-state index contributed by atoms with van der Waals surface area (Å²) in [5.74, 6) is -3.78. The van der Waals surface area contributed by atoms with Crippen molar-refractivity contribution < 1.29 is 31.5 Å². The number of rotatable bonds is 5. The zero-order valence-corrected chi connectivity index (χ0v) is 14.5. The average Bonchev–Trinajstić information content (AvgIpc) is 2.51. The van der Waals surface area contributed by atoms with E-state index in [1.807, 2.05) is 0 Å². The van der Waals surface area contributed by atoms with Crippen LogP contribution in [0, 0.1) is 11.6 Å². The maximum atomic E-state index is 14.5. The number of sulfonamides is 1. The van der Waals surface area contributed by atoms with Gasteiger partial charge >= 0.3 is 0 Å². The molecule has 0 atom stereocenters. The van der Waals surface area contributed by atoms with Crippen molar-refractivity contribution in [2.24, 2.45) is 0 Å². The first-order valence-corrected chi connectivity index (χ1v) is 8.91. The summed E-state index contributed by atoms with van der Waals surface area (Å²) in [6.07, 6.45) is 0.778. The number of ether oxygens (including phenoxy) is 2. The topological polar surface area (TPSA) is 81.7 Å². The molecule has 25 heavy (non-hydrogen) atoms. The van der Waals surface area contributed by atoms with E-state index in [0.29, 0.717) is 0 Å². The number of benzene rings is 2. The lowest BCUT2D eigenvalue weighted by atomic mass is 10.1. The fourth-order valence-corrected chi connectivity index (χ4v) is 2.45. The van der Waals surface area contributed by atoms with Crippen LogP contribution in [-0.2, 0) is 10.0 Å². The molecule has 2 aromatic rings. The first kappa shape index (κ1) is 18.9. The number of carbonyl (C=O) groups is 1. The molecule has 1 N–H and O–H groups in total. The van der Waals surface area contributed by atoms with Crippen LogP contribution < -0.4 is 14.2 Å². The predicted octanol–water partition coefficient (Wildman–Crippen LogP) is 3.11. The van der Waals surface area contributed by atoms with Gasteiger partial charge in [0.2, 0.25) is 15.8 Å². The fourth-order valence-electron chi connectivity index (χ4n) is 1.89. The van der Waals surface area contributed by atoms with Crippen LogP contribution in [0.1, 0.15) is 10.4 Å². The Hall–Kier alpha value is -2.39. The molecule has 0 heterocycles. The highest BCUT2D eigenvalue weighted by atomic mass is 35.5. The number of amides is 1. The van der Waals surface area contributed by atoms with Gasteiger partial charge in [-0.3, -0.25) is 4.79 Å². The summed E-state index contributed by atoms with van der Waals surface area (Å²) in [4.78, 5) is 11.9. The smallest absolute Gasteiger partial charge is 0.268 e. The Morgan fingerprint density at radius 3 is 2.44 bits per heavy atom. The minimum Gasteiger partial charge on any atom is -0.493 e. The highest BCUT2D eigenvalue weighted by molar-refractivity contribution is 7.89. The quantitative estimate of drug-likeness (QED) is 0.847. The molecule has 0 unspecified atom stereocenters. The van der Waals surface area contributed by atoms with E-state index in [2.05, 4.69) is 0 Å². The van der Waals surface area contributed by atoms with Crippen LogP contribution in [0.5, 0.6) is 17.2 Å². The normalized spacial score (nSPS) is 11.1. The van der Waals surface area contributed by atoms with Crippen molar-refractivity contribution in [1.29, 1.82) is 0 Å². The second-order valence-corrected chi connectivity index (χ2v) is 7.00. The van der Waals surface area contributed by atoms with E-state index in [9.17, 15) is 22.0 Å². The number of hydrogen-bond acceptors (Lipinski definition) is 5. The Balaban J connectivity index is 2.39. The molecule has 0 aromatic heterocycles. The van der Waals surface area contributed by atoms with Gasteiger partial charge in [0, 0.05) is 6.07 Å². The Labute approximate surface area is 147 Å². The van der Waals surface area contributed by atoms with Gasteiger partial charge in [0.1, 0.15) is 11.6 Å². The third-order valence-electron chi connectivity index (χ3n) is 2.91. The number of methoxy groups -OCH3 is 1. The standard InChI is InChI=1S/C15H12ClF2NO5S/c1-23-14-9(15(20)19-25(2,21)22)4-6-12(13(14)18)24-8-3-5-10(16)11(17)7-8/h3-7H,1-2H3,(H,19,20). The summed E-state index contributed by atoms with van der Waals surface area (Å²) in [6, 6.07) is 5.71. The molecule has 2 rings (SSSR count). The number of carbonyl (C=O) groups excluding carboxylic acids is 1. The molecule has 0 bridgehead atoms. The van der Waals surface area contributed by atoms with Crippen LogP contribution >= 0.6 is 11.6 Å². The third-order valence-corrected chi connectivity index (χ3v) is 3.77. The van der Waals surface area contributed by atoms with E-state index in [-0.39, 0.29) is 22.1 Å². The molecule has 0 aliphatic carbocycles. The maximum Gasteiger partial charge on any atom is 0.268 e. The van der Waals surface area contributed by atoms with Gasteiger partial charge in [-0.2, -0.15) is 4.39 Å². The van der Waals surface area contributed by atoms with Crippen LogP contribution in [0.2, 0.25) is 5.02 Å². The molecule has 0 fully saturated rings. The Bertz CT molecular complexity index is 934. The molecular formula is C15H12ClF2NO5S. The zero-order chi connectivity index (χ0) is 18.8. The van der Waals surface area contributed by atoms with Gasteiger partial charge in [-0.25, -0.2) is 17.5 Å². The van der Waals surface area contributed by atoms with Crippen molar-refractivity contribution >= 4 is 27.5 Å². The Morgan fingerprint density at radius 1 is 1.20 bits per heavy atom. The number of halogens is 3. The van der Waals surface area contributed by atoms with Crippen molar-refractivity contribution in [3.63, 3.8) is 0 Å². The Kier molecular flexibility index (Phi) is 5.48. The van der Waals surface area contributed by atoms with Gasteiger partial charge in [-0.05, 0) is 24.3 Å². The van der Waals surface area contributed by atoms with Crippen LogP contribution in [0.25, 0.3) is 0 Å². The molecule has 134 valence electrons. The second kappa shape index (κ2) is 7.24. The molecule has 10 heteroatoms. The van der Waals surface area contributed by atoms with Gasteiger partial charge in [-0.1, -0.05) is 11.6 Å². The Morgan fingerprint density at radius 2 is 1.88 bits per heavy atom. The second-order valence-electron chi connectivity index (χ2n) is 4.84. The SMILES string of the molecule is COc1c(C(=O)NS(C)(=O)=O)ccc(Oc2ccc(Cl)c(F)c2)c1F. The molecule has 0 radical (unpaired) electrons. The monoisotopic (exact) mass is 391 g/mol. The largest absolute Gasteiger partial charge is 0.493 e. The fraction of sp³-hybridized carbons (Fsp3) is 0.133. The number of nitrogens with one attached hydrogen (secondary N) is 1. The molecule has 0 aliphatic heterocycles. The molecule has 2 aromatic carbocycles. The van der Waals surface area contributed by atoms with Crippen LogP contribution in [0.15, 0.2) is 30.3 Å². The van der Waals surface area contributed by atoms with Gasteiger partial charge < -0.3 is 9.47 Å². The summed E-state index contributed by atoms with van der Waals surface area (Å²) >= 11 is 5.55. The summed E-state index contributed by atoms with van der Waals surface area (Å²) in [5.41, 5.74) is -0.347. The van der Waals surface area contributed by atoms with Gasteiger partial charge in [0.05, 0.1) is 24.0 Å². The summed E-state index contributed by atoms with van der Waals surface area (Å²) in [6.45, 7) is 0. The van der Waals surface area contributed by atoms with E-state index < -0.39 is 33.3 Å². The summed E-state index contributed by atoms with van der Waals surface area (Å²) < 4.78 is 61.9. The van der Waals surface area contributed by atoms with Crippen molar-refractivity contribution in [3.8, 4) is 17.2 Å². The van der Waals surface area contributed by atoms with Crippen LogP contribution in [-0.4, -0.2) is 27.7 Å². The first-order chi connectivity index (χ1) is 11.6. The van der Waals surface area contributed by atoms with Gasteiger partial charge in [0.15, 0.2) is 11.5 Å². The van der Waals surface area contributed by atoms with E-state index in [4.69, 9.17) is 21.1 Å². The van der Waals surface area contributed by atoms with Crippen molar-refractivity contribution in [3.05, 3.63) is 52.6 Å². The highest BCUT2D eigenvalue weighted by Crippen LogP contribution is 2.34. The van der Waals surface area contributed by atoms with Crippen LogP contribution in [0.4, 0.5) is 8.78 Å². The van der Waals surface area contributed by atoms with Crippen molar-refractivity contribution in [2.45, 2.75) is 0 Å². The molecule has 0 saturated heterocycles. The highest BCUT2D eigenvalue weighted by Gasteiger charge is 2.22. The molecule has 1 amide bonds. The van der Waals surface area contributed by atoms with Crippen LogP contribution in [0.3, 0.4) is 0 Å². The summed E-state index contributed by atoms with van der Waals surface area (Å²) in [5, 5.41) is -0.127. The minimum absolute atomic E-state index is 0.0313. The minimum atomic E-state index is -3.84. The number of hydrogen-bond donors (Lipinski definition) is 1. The van der Waals surface area contributed by atoms with Crippen molar-refractivity contribution in [1.82, 2.24) is 4.72 Å². The lowest BCUT2D eigenvalue weighted by molar-refractivity contribution is 0.0977. The third kappa shape index (κ3) is 4.58. The zero-order valence-electron chi connectivity index (χ0n) is 13.0. The molecule has 6 nitrogen and oxygen atoms in total. The molecular weight excluding hydrogens is 380 g/mol. The van der Waals surface area contributed by atoms with Gasteiger partial charge in [0.25, 0.3) is 5.91 Å². The van der Waals surface area contributed by atoms with E-state index >= 15 is 0 Å². The average molecular weight is 392 g/mol. The van der Waals surface area contributed by atoms with E-state index in [1.165, 1.54) is 12.1 Å². The maximum absolute atomic E-state index is 14.5. The molecule has 0 saturated carbocycles. The van der Waals surface area contributed by atoms with E-state index in [1.54, 1.807) is 4.72 Å². The lowest BCUT2D eigenvalue weighted by Gasteiger charge is -2.13.